The first-order chi connectivity index (χ1) is 12.3. The highest BCUT2D eigenvalue weighted by molar-refractivity contribution is 5.93. The minimum atomic E-state index is -1.50. The summed E-state index contributed by atoms with van der Waals surface area (Å²) in [6, 6.07) is 5.73. The van der Waals surface area contributed by atoms with Crippen LogP contribution in [-0.2, 0) is 25.2 Å². The molecule has 1 aromatic rings. The zero-order valence-corrected chi connectivity index (χ0v) is 17.6. The van der Waals surface area contributed by atoms with Gasteiger partial charge in [-0.05, 0) is 40.5 Å². The van der Waals surface area contributed by atoms with Crippen LogP contribution in [0.3, 0.4) is 0 Å². The largest absolute Gasteiger partial charge is 0.481 e. The lowest BCUT2D eigenvalue weighted by Gasteiger charge is -2.27. The molecule has 0 amide bonds. The van der Waals surface area contributed by atoms with Crippen molar-refractivity contribution in [3.8, 4) is 0 Å². The fraction of sp³-hybridized carbons (Fsp3) is 0.636. The van der Waals surface area contributed by atoms with Crippen LogP contribution in [0.15, 0.2) is 18.2 Å². The van der Waals surface area contributed by atoms with Gasteiger partial charge in [0.05, 0.1) is 0 Å². The molecule has 0 bridgehead atoms. The van der Waals surface area contributed by atoms with Crippen molar-refractivity contribution in [3.63, 3.8) is 0 Å². The third-order valence-corrected chi connectivity index (χ3v) is 4.63. The zero-order valence-electron chi connectivity index (χ0n) is 17.6. The maximum absolute atomic E-state index is 12.3. The molecule has 0 saturated heterocycles. The van der Waals surface area contributed by atoms with Crippen LogP contribution in [-0.4, -0.2) is 22.2 Å². The molecule has 27 heavy (non-hydrogen) atoms. The molecule has 0 aliphatic rings. The summed E-state index contributed by atoms with van der Waals surface area (Å²) in [7, 11) is 0. The standard InChI is InChI=1S/C22H34O5/c1-8-9-10-17(18(23)24)20(26)27-19(25)14-11-15(21(2,3)4)13-16(12-14)22(5,6)7/h11-13,17,19,25H,8-10H2,1-7H3,(H,23,24). The number of carboxylic acid groups (broad SMARTS) is 1. The van der Waals surface area contributed by atoms with Crippen LogP contribution in [0, 0.1) is 5.92 Å². The highest BCUT2D eigenvalue weighted by atomic mass is 16.6. The Morgan fingerprint density at radius 3 is 1.85 bits per heavy atom. The quantitative estimate of drug-likeness (QED) is 0.408. The molecule has 1 rings (SSSR count). The van der Waals surface area contributed by atoms with Crippen molar-refractivity contribution in [2.24, 2.45) is 5.92 Å². The first kappa shape index (κ1) is 23.2. The first-order valence-electron chi connectivity index (χ1n) is 9.54. The van der Waals surface area contributed by atoms with Crippen LogP contribution in [0.1, 0.15) is 90.7 Å². The van der Waals surface area contributed by atoms with Gasteiger partial charge in [0, 0.05) is 5.56 Å². The van der Waals surface area contributed by atoms with Gasteiger partial charge in [-0.3, -0.25) is 9.59 Å². The maximum Gasteiger partial charge on any atom is 0.322 e. The highest BCUT2D eigenvalue weighted by Gasteiger charge is 2.30. The molecular formula is C22H34O5. The number of aliphatic hydroxyl groups excluding tert-OH is 1. The molecule has 0 spiro atoms. The molecule has 2 atom stereocenters. The van der Waals surface area contributed by atoms with Gasteiger partial charge in [-0.2, -0.15) is 0 Å². The normalized spacial score (nSPS) is 14.5. The second-order valence-corrected chi connectivity index (χ2v) is 9.17. The number of aliphatic carboxylic acids is 1. The van der Waals surface area contributed by atoms with Crippen molar-refractivity contribution in [2.45, 2.75) is 84.8 Å². The Morgan fingerprint density at radius 1 is 1.00 bits per heavy atom. The third-order valence-electron chi connectivity index (χ3n) is 4.63. The van der Waals surface area contributed by atoms with Gasteiger partial charge in [0.1, 0.15) is 0 Å². The van der Waals surface area contributed by atoms with E-state index in [-0.39, 0.29) is 17.3 Å². The lowest BCUT2D eigenvalue weighted by molar-refractivity contribution is -0.178. The number of hydrogen-bond donors (Lipinski definition) is 2. The topological polar surface area (TPSA) is 83.8 Å². The Labute approximate surface area is 162 Å². The highest BCUT2D eigenvalue weighted by Crippen LogP contribution is 2.32. The number of aliphatic hydroxyl groups is 1. The fourth-order valence-electron chi connectivity index (χ4n) is 2.67. The van der Waals surface area contributed by atoms with Crippen LogP contribution >= 0.6 is 0 Å². The van der Waals surface area contributed by atoms with Crippen molar-refractivity contribution in [2.75, 3.05) is 0 Å². The molecule has 0 aliphatic carbocycles. The van der Waals surface area contributed by atoms with Crippen LogP contribution in [0.4, 0.5) is 0 Å². The molecule has 0 aromatic heterocycles. The number of carbonyl (C=O) groups excluding carboxylic acids is 1. The van der Waals surface area contributed by atoms with E-state index in [9.17, 15) is 19.8 Å². The van der Waals surface area contributed by atoms with Crippen molar-refractivity contribution in [1.29, 1.82) is 0 Å². The predicted octanol–water partition coefficient (Wildman–Crippen LogP) is 4.71. The van der Waals surface area contributed by atoms with Gasteiger partial charge in [0.25, 0.3) is 0 Å². The third kappa shape index (κ3) is 6.65. The minimum Gasteiger partial charge on any atom is -0.481 e. The molecular weight excluding hydrogens is 344 g/mol. The molecule has 0 radical (unpaired) electrons. The van der Waals surface area contributed by atoms with Crippen LogP contribution < -0.4 is 0 Å². The van der Waals surface area contributed by atoms with E-state index in [1.54, 1.807) is 0 Å². The number of benzene rings is 1. The van der Waals surface area contributed by atoms with E-state index in [1.165, 1.54) is 0 Å². The molecule has 1 aromatic carbocycles. The summed E-state index contributed by atoms with van der Waals surface area (Å²) < 4.78 is 5.13. The molecule has 0 saturated carbocycles. The number of unbranched alkanes of at least 4 members (excludes halogenated alkanes) is 1. The molecule has 2 unspecified atom stereocenters. The van der Waals surface area contributed by atoms with Gasteiger partial charge >= 0.3 is 11.9 Å². The smallest absolute Gasteiger partial charge is 0.322 e. The van der Waals surface area contributed by atoms with E-state index in [4.69, 9.17) is 4.74 Å². The van der Waals surface area contributed by atoms with Crippen LogP contribution in [0.5, 0.6) is 0 Å². The minimum absolute atomic E-state index is 0.148. The van der Waals surface area contributed by atoms with Crippen molar-refractivity contribution < 1.29 is 24.5 Å². The number of esters is 1. The summed E-state index contributed by atoms with van der Waals surface area (Å²) in [5.41, 5.74) is 2.19. The van der Waals surface area contributed by atoms with Crippen molar-refractivity contribution in [1.82, 2.24) is 0 Å². The summed E-state index contributed by atoms with van der Waals surface area (Å²) in [4.78, 5) is 23.6. The Hall–Kier alpha value is -1.88. The maximum atomic E-state index is 12.3. The fourth-order valence-corrected chi connectivity index (χ4v) is 2.67. The van der Waals surface area contributed by atoms with E-state index >= 15 is 0 Å². The van der Waals surface area contributed by atoms with E-state index < -0.39 is 24.1 Å². The van der Waals surface area contributed by atoms with E-state index in [0.717, 1.165) is 17.5 Å². The van der Waals surface area contributed by atoms with Gasteiger partial charge in [0.2, 0.25) is 6.29 Å². The van der Waals surface area contributed by atoms with Gasteiger partial charge < -0.3 is 14.9 Å². The van der Waals surface area contributed by atoms with Crippen LogP contribution in [0.25, 0.3) is 0 Å². The average Bonchev–Trinajstić information content (AvgIpc) is 2.52. The Balaban J connectivity index is 3.16. The average molecular weight is 379 g/mol. The first-order valence-corrected chi connectivity index (χ1v) is 9.54. The van der Waals surface area contributed by atoms with E-state index in [2.05, 4.69) is 47.6 Å². The molecule has 152 valence electrons. The lowest BCUT2D eigenvalue weighted by Crippen LogP contribution is -2.27. The van der Waals surface area contributed by atoms with E-state index in [0.29, 0.717) is 12.0 Å². The zero-order chi connectivity index (χ0) is 21.0. The SMILES string of the molecule is CCCCC(C(=O)O)C(=O)OC(O)c1cc(C(C)(C)C)cc(C(C)(C)C)c1. The lowest BCUT2D eigenvalue weighted by atomic mass is 9.79. The van der Waals surface area contributed by atoms with Crippen molar-refractivity contribution >= 4 is 11.9 Å². The van der Waals surface area contributed by atoms with E-state index in [1.807, 2.05) is 19.1 Å². The monoisotopic (exact) mass is 378 g/mol. The number of hydrogen-bond acceptors (Lipinski definition) is 4. The molecule has 0 heterocycles. The second-order valence-electron chi connectivity index (χ2n) is 9.17. The molecule has 0 fully saturated rings. The summed E-state index contributed by atoms with van der Waals surface area (Å²) in [5.74, 6) is -3.38. The second kappa shape index (κ2) is 8.87. The van der Waals surface area contributed by atoms with Gasteiger partial charge in [-0.1, -0.05) is 67.4 Å². The number of ether oxygens (including phenoxy) is 1. The van der Waals surface area contributed by atoms with Gasteiger partial charge in [-0.25, -0.2) is 0 Å². The Morgan fingerprint density at radius 2 is 1.48 bits per heavy atom. The Bertz CT molecular complexity index is 632. The van der Waals surface area contributed by atoms with Crippen molar-refractivity contribution in [3.05, 3.63) is 34.9 Å². The molecule has 0 aliphatic heterocycles. The Kier molecular flexibility index (Phi) is 7.61. The summed E-state index contributed by atoms with van der Waals surface area (Å²) in [5, 5.41) is 19.8. The number of carbonyl (C=O) groups is 2. The number of rotatable bonds is 7. The molecule has 5 nitrogen and oxygen atoms in total. The predicted molar refractivity (Wildman–Crippen MR) is 106 cm³/mol. The van der Waals surface area contributed by atoms with Gasteiger partial charge in [-0.15, -0.1) is 0 Å². The summed E-state index contributed by atoms with van der Waals surface area (Å²) in [6.07, 6.45) is 0.0920. The molecule has 2 N–H and O–H groups in total. The van der Waals surface area contributed by atoms with Crippen LogP contribution in [0.2, 0.25) is 0 Å². The van der Waals surface area contributed by atoms with Gasteiger partial charge in [0.15, 0.2) is 5.92 Å². The summed E-state index contributed by atoms with van der Waals surface area (Å²) >= 11 is 0. The molecule has 5 heteroatoms. The summed E-state index contributed by atoms with van der Waals surface area (Å²) in [6.45, 7) is 14.4. The number of carboxylic acids is 1.